The van der Waals surface area contributed by atoms with E-state index in [1.807, 2.05) is 17.0 Å². The summed E-state index contributed by atoms with van der Waals surface area (Å²) in [6.45, 7) is 12.3. The van der Waals surface area contributed by atoms with Crippen molar-refractivity contribution in [1.82, 2.24) is 24.7 Å². The zero-order chi connectivity index (χ0) is 33.8. The van der Waals surface area contributed by atoms with Crippen molar-refractivity contribution in [2.24, 2.45) is 11.8 Å². The van der Waals surface area contributed by atoms with Crippen LogP contribution in [0.4, 0.5) is 0 Å². The number of thiazole rings is 1. The Kier molecular flexibility index (Phi) is 8.35. The predicted octanol–water partition coefficient (Wildman–Crippen LogP) is 7.80. The van der Waals surface area contributed by atoms with Crippen molar-refractivity contribution < 1.29 is 9.21 Å². The maximum absolute atomic E-state index is 13.0. The highest BCUT2D eigenvalue weighted by Gasteiger charge is 2.30. The number of aromatic nitrogens is 2. The van der Waals surface area contributed by atoms with Gasteiger partial charge in [0.1, 0.15) is 16.6 Å². The molecule has 3 aliphatic rings. The Labute approximate surface area is 292 Å². The van der Waals surface area contributed by atoms with Crippen LogP contribution in [-0.2, 0) is 24.4 Å². The van der Waals surface area contributed by atoms with Crippen molar-refractivity contribution in [2.75, 3.05) is 33.2 Å². The number of nitriles is 1. The molecule has 5 aromatic rings. The third kappa shape index (κ3) is 6.29. The molecule has 1 aliphatic carbocycles. The Morgan fingerprint density at radius 2 is 1.76 bits per heavy atom. The van der Waals surface area contributed by atoms with Gasteiger partial charge in [-0.3, -0.25) is 14.6 Å². The van der Waals surface area contributed by atoms with E-state index in [0.29, 0.717) is 42.6 Å². The molecule has 0 unspecified atom stereocenters. The van der Waals surface area contributed by atoms with E-state index in [-0.39, 0.29) is 5.91 Å². The first kappa shape index (κ1) is 31.9. The zero-order valence-electron chi connectivity index (χ0n) is 28.8. The molecular formula is C40H42N6O2S. The van der Waals surface area contributed by atoms with E-state index in [1.165, 1.54) is 24.1 Å². The van der Waals surface area contributed by atoms with E-state index in [2.05, 4.69) is 80.1 Å². The van der Waals surface area contributed by atoms with Gasteiger partial charge < -0.3 is 9.32 Å². The molecular weight excluding hydrogens is 629 g/mol. The van der Waals surface area contributed by atoms with Gasteiger partial charge in [0, 0.05) is 35.6 Å². The molecule has 2 fully saturated rings. The molecule has 2 aliphatic heterocycles. The average Bonchev–Trinajstić information content (AvgIpc) is 3.38. The normalized spacial score (nSPS) is 17.7. The van der Waals surface area contributed by atoms with Crippen LogP contribution in [0.15, 0.2) is 52.9 Å². The molecule has 1 atom stereocenters. The van der Waals surface area contributed by atoms with Crippen LogP contribution < -0.4 is 0 Å². The van der Waals surface area contributed by atoms with E-state index in [9.17, 15) is 10.1 Å². The minimum absolute atomic E-state index is 0.184. The van der Waals surface area contributed by atoms with Crippen LogP contribution in [0, 0.1) is 37.0 Å². The van der Waals surface area contributed by atoms with Gasteiger partial charge >= 0.3 is 0 Å². The molecule has 49 heavy (non-hydrogen) atoms. The summed E-state index contributed by atoms with van der Waals surface area (Å²) in [6, 6.07) is 19.0. The van der Waals surface area contributed by atoms with E-state index in [1.54, 1.807) is 11.3 Å². The molecule has 1 amide bonds. The first-order valence-electron chi connectivity index (χ1n) is 17.4. The standard InChI is InChI=1S/C40H42N6O2S/c1-24-13-14-45(18-24)20-28-15-29(17-41)38-34(16-28)42-39(48-38)32-9-5-7-30(25(32)2)31-8-6-10-33(26(31)3)40-43-35-21-46(22-36(35)49-40)37(47)23-44(4)19-27-11-12-27/h5-10,15-16,24,27H,11-14,18-23H2,1-4H3/t24-/m0/s1. The van der Waals surface area contributed by atoms with Crippen LogP contribution >= 0.6 is 11.3 Å². The van der Waals surface area contributed by atoms with E-state index < -0.39 is 0 Å². The Balaban J connectivity index is 1.04. The monoisotopic (exact) mass is 670 g/mol. The average molecular weight is 671 g/mol. The van der Waals surface area contributed by atoms with Gasteiger partial charge in [-0.05, 0) is 105 Å². The van der Waals surface area contributed by atoms with E-state index >= 15 is 0 Å². The number of likely N-dealkylation sites (tertiary alicyclic amines) is 1. The number of carbonyl (C=O) groups excluding carboxylic acids is 1. The summed E-state index contributed by atoms with van der Waals surface area (Å²) >= 11 is 1.70. The predicted molar refractivity (Wildman–Crippen MR) is 194 cm³/mol. The topological polar surface area (TPSA) is 89.5 Å². The summed E-state index contributed by atoms with van der Waals surface area (Å²) in [4.78, 5) is 30.7. The van der Waals surface area contributed by atoms with Crippen LogP contribution in [-0.4, -0.2) is 63.8 Å². The molecule has 0 N–H and O–H groups in total. The zero-order valence-corrected chi connectivity index (χ0v) is 29.6. The molecule has 1 saturated heterocycles. The number of rotatable bonds is 9. The number of fused-ring (bicyclic) bond motifs is 2. The Hall–Kier alpha value is -4.36. The molecule has 4 heterocycles. The number of benzene rings is 3. The summed E-state index contributed by atoms with van der Waals surface area (Å²) in [5.41, 5.74) is 10.4. The lowest BCUT2D eigenvalue weighted by Gasteiger charge is -2.21. The van der Waals surface area contributed by atoms with Crippen LogP contribution in [0.5, 0.6) is 0 Å². The first-order chi connectivity index (χ1) is 23.7. The van der Waals surface area contributed by atoms with Gasteiger partial charge in [0.05, 0.1) is 30.9 Å². The molecule has 8 rings (SSSR count). The van der Waals surface area contributed by atoms with Gasteiger partial charge in [0.2, 0.25) is 11.8 Å². The SMILES string of the molecule is Cc1c(-c2nc3cc(CN4CC[C@H](C)C4)cc(C#N)c3o2)cccc1-c1cccc(-c2nc3c(s2)CN(C(=O)CN(C)CC2CC2)C3)c1C. The molecule has 2 aromatic heterocycles. The summed E-state index contributed by atoms with van der Waals surface area (Å²) < 4.78 is 6.33. The largest absolute Gasteiger partial charge is 0.435 e. The number of oxazole rings is 1. The van der Waals surface area contributed by atoms with Crippen molar-refractivity contribution in [3.05, 3.63) is 81.4 Å². The number of hydrogen-bond acceptors (Lipinski definition) is 8. The lowest BCUT2D eigenvalue weighted by molar-refractivity contribution is -0.132. The van der Waals surface area contributed by atoms with Gasteiger partial charge in [-0.15, -0.1) is 11.3 Å². The fourth-order valence-electron chi connectivity index (χ4n) is 7.60. The lowest BCUT2D eigenvalue weighted by Crippen LogP contribution is -2.36. The number of amides is 1. The van der Waals surface area contributed by atoms with Crippen LogP contribution in [0.25, 0.3) is 44.3 Å². The van der Waals surface area contributed by atoms with Gasteiger partial charge in [-0.25, -0.2) is 9.97 Å². The minimum atomic E-state index is 0.184. The van der Waals surface area contributed by atoms with Crippen LogP contribution in [0.1, 0.15) is 59.0 Å². The summed E-state index contributed by atoms with van der Waals surface area (Å²) in [7, 11) is 2.05. The molecule has 0 radical (unpaired) electrons. The number of nitrogens with zero attached hydrogens (tertiary/aromatic N) is 6. The molecule has 3 aromatic carbocycles. The summed E-state index contributed by atoms with van der Waals surface area (Å²) in [5.74, 6) is 2.19. The highest BCUT2D eigenvalue weighted by atomic mass is 32.1. The Bertz CT molecular complexity index is 2100. The van der Waals surface area contributed by atoms with E-state index in [0.717, 1.165) is 87.3 Å². The molecule has 0 bridgehead atoms. The maximum Gasteiger partial charge on any atom is 0.237 e. The fourth-order valence-corrected chi connectivity index (χ4v) is 8.76. The van der Waals surface area contributed by atoms with Gasteiger partial charge in [0.15, 0.2) is 5.58 Å². The molecule has 9 heteroatoms. The van der Waals surface area contributed by atoms with Crippen molar-refractivity contribution in [3.8, 4) is 39.2 Å². The lowest BCUT2D eigenvalue weighted by atomic mass is 9.91. The van der Waals surface area contributed by atoms with Crippen LogP contribution in [0.2, 0.25) is 0 Å². The quantitative estimate of drug-likeness (QED) is 0.158. The second-order valence-electron chi connectivity index (χ2n) is 14.5. The van der Waals surface area contributed by atoms with Gasteiger partial charge in [0.25, 0.3) is 0 Å². The number of carbonyl (C=O) groups is 1. The van der Waals surface area contributed by atoms with Crippen LogP contribution in [0.3, 0.4) is 0 Å². The highest BCUT2D eigenvalue weighted by molar-refractivity contribution is 7.15. The highest BCUT2D eigenvalue weighted by Crippen LogP contribution is 2.40. The second-order valence-corrected chi connectivity index (χ2v) is 15.6. The number of likely N-dealkylation sites (N-methyl/N-ethyl adjacent to an activating group) is 1. The van der Waals surface area contributed by atoms with Crippen molar-refractivity contribution in [1.29, 1.82) is 5.26 Å². The third-order valence-electron chi connectivity index (χ3n) is 10.5. The third-order valence-corrected chi connectivity index (χ3v) is 11.6. The smallest absolute Gasteiger partial charge is 0.237 e. The van der Waals surface area contributed by atoms with Crippen molar-refractivity contribution in [2.45, 2.75) is 59.7 Å². The molecule has 8 nitrogen and oxygen atoms in total. The Morgan fingerprint density at radius 1 is 1.02 bits per heavy atom. The maximum atomic E-state index is 13.0. The number of hydrogen-bond donors (Lipinski definition) is 0. The second kappa shape index (κ2) is 12.8. The molecule has 0 spiro atoms. The molecule has 250 valence electrons. The van der Waals surface area contributed by atoms with Crippen molar-refractivity contribution >= 4 is 28.3 Å². The van der Waals surface area contributed by atoms with Crippen molar-refractivity contribution in [3.63, 3.8) is 0 Å². The van der Waals surface area contributed by atoms with E-state index in [4.69, 9.17) is 14.4 Å². The first-order valence-corrected chi connectivity index (χ1v) is 18.3. The minimum Gasteiger partial charge on any atom is -0.435 e. The van der Waals surface area contributed by atoms with Gasteiger partial charge in [-0.1, -0.05) is 37.3 Å². The molecule has 1 saturated carbocycles. The summed E-state index contributed by atoms with van der Waals surface area (Å²) in [5, 5.41) is 11.0. The van der Waals surface area contributed by atoms with Gasteiger partial charge in [-0.2, -0.15) is 5.26 Å². The fraction of sp³-hybridized carbons (Fsp3) is 0.400. The Morgan fingerprint density at radius 3 is 2.45 bits per heavy atom. The summed E-state index contributed by atoms with van der Waals surface area (Å²) in [6.07, 6.45) is 3.80.